The Kier molecular flexibility index (Phi) is 6.93. The third-order valence-electron chi connectivity index (χ3n) is 11.7. The largest absolute Gasteiger partial charge is 0.456 e. The van der Waals surface area contributed by atoms with Gasteiger partial charge in [-0.3, -0.25) is 0 Å². The summed E-state index contributed by atoms with van der Waals surface area (Å²) in [5, 5.41) is 11.9. The summed E-state index contributed by atoms with van der Waals surface area (Å²) in [5.41, 5.74) is 11.0. The number of rotatable bonds is 5. The minimum absolute atomic E-state index is 0.898. The first kappa shape index (κ1) is 31.7. The molecule has 0 saturated heterocycles. The van der Waals surface area contributed by atoms with Crippen LogP contribution in [0.25, 0.3) is 92.9 Å². The van der Waals surface area contributed by atoms with E-state index in [1.165, 1.54) is 59.9 Å². The van der Waals surface area contributed by atoms with Gasteiger partial charge < -0.3 is 13.9 Å². The molecule has 0 aliphatic rings. The molecule has 3 heteroatoms. The van der Waals surface area contributed by atoms with Gasteiger partial charge in [0.05, 0.1) is 11.0 Å². The van der Waals surface area contributed by atoms with Gasteiger partial charge in [0, 0.05) is 49.7 Å². The molecule has 0 aliphatic carbocycles. The van der Waals surface area contributed by atoms with Crippen LogP contribution in [0.1, 0.15) is 0 Å². The van der Waals surface area contributed by atoms with Crippen molar-refractivity contribution < 1.29 is 4.42 Å². The van der Waals surface area contributed by atoms with Gasteiger partial charge >= 0.3 is 0 Å². The fourth-order valence-corrected chi connectivity index (χ4v) is 8.97. The minimum Gasteiger partial charge on any atom is -0.456 e. The number of nitrogens with zero attached hydrogens (tertiary/aromatic N) is 2. The molecule has 0 fully saturated rings. The Morgan fingerprint density at radius 1 is 0.333 bits per heavy atom. The van der Waals surface area contributed by atoms with Crippen molar-refractivity contribution in [3.8, 4) is 16.8 Å². The second kappa shape index (κ2) is 12.5. The lowest BCUT2D eigenvalue weighted by Crippen LogP contribution is -2.10. The smallest absolute Gasteiger partial charge is 0.136 e. The number of hydrogen-bond acceptors (Lipinski definition) is 2. The van der Waals surface area contributed by atoms with Gasteiger partial charge in [-0.25, -0.2) is 0 Å². The van der Waals surface area contributed by atoms with E-state index < -0.39 is 0 Å². The summed E-state index contributed by atoms with van der Waals surface area (Å²) in [5.74, 6) is 0. The minimum atomic E-state index is 0.898. The van der Waals surface area contributed by atoms with Crippen LogP contribution < -0.4 is 4.90 Å². The molecule has 10 aromatic carbocycles. The summed E-state index contributed by atoms with van der Waals surface area (Å²) in [6, 6.07) is 74.7. The van der Waals surface area contributed by atoms with Crippen molar-refractivity contribution in [2.75, 3.05) is 4.90 Å². The van der Waals surface area contributed by atoms with Gasteiger partial charge in [-0.2, -0.15) is 0 Å². The molecule has 2 aromatic heterocycles. The highest BCUT2D eigenvalue weighted by molar-refractivity contribution is 6.19. The highest BCUT2D eigenvalue weighted by Gasteiger charge is 2.20. The number of aromatic nitrogens is 1. The summed E-state index contributed by atoms with van der Waals surface area (Å²) in [6.45, 7) is 0. The van der Waals surface area contributed by atoms with Crippen molar-refractivity contribution in [1.82, 2.24) is 4.57 Å². The quantitative estimate of drug-likeness (QED) is 0.176. The van der Waals surface area contributed by atoms with E-state index in [1.54, 1.807) is 0 Å². The zero-order valence-corrected chi connectivity index (χ0v) is 30.9. The Bertz CT molecular complexity index is 3520. The zero-order valence-electron chi connectivity index (χ0n) is 30.9. The number of furan rings is 1. The van der Waals surface area contributed by atoms with Gasteiger partial charge in [0.25, 0.3) is 0 Å². The number of anilines is 3. The van der Waals surface area contributed by atoms with Gasteiger partial charge in [-0.05, 0) is 111 Å². The normalized spacial score (nSPS) is 11.9. The monoisotopic (exact) mass is 726 g/mol. The Morgan fingerprint density at radius 2 is 0.982 bits per heavy atom. The molecule has 0 spiro atoms. The number of benzene rings is 10. The Labute approximate surface area is 328 Å². The van der Waals surface area contributed by atoms with Gasteiger partial charge in [-0.15, -0.1) is 0 Å². The lowest BCUT2D eigenvalue weighted by atomic mass is 10.0. The summed E-state index contributed by atoms with van der Waals surface area (Å²) >= 11 is 0. The second-order valence-electron chi connectivity index (χ2n) is 15.0. The number of para-hydroxylation sites is 1. The summed E-state index contributed by atoms with van der Waals surface area (Å²) in [4.78, 5) is 2.39. The van der Waals surface area contributed by atoms with Gasteiger partial charge in [0.15, 0.2) is 0 Å². The van der Waals surface area contributed by atoms with E-state index in [1.807, 2.05) is 12.1 Å². The van der Waals surface area contributed by atoms with Gasteiger partial charge in [-0.1, -0.05) is 133 Å². The van der Waals surface area contributed by atoms with Crippen LogP contribution in [0.5, 0.6) is 0 Å². The van der Waals surface area contributed by atoms with Crippen LogP contribution in [0.2, 0.25) is 0 Å². The predicted octanol–water partition coefficient (Wildman–Crippen LogP) is 15.3. The first-order chi connectivity index (χ1) is 28.2. The van der Waals surface area contributed by atoms with E-state index >= 15 is 0 Å². The molecule has 3 nitrogen and oxygen atoms in total. The fourth-order valence-electron chi connectivity index (χ4n) is 8.97. The fraction of sp³-hybridized carbons (Fsp3) is 0. The molecule has 0 amide bonds. The average molecular weight is 727 g/mol. The first-order valence-electron chi connectivity index (χ1n) is 19.5. The van der Waals surface area contributed by atoms with Crippen LogP contribution in [-0.4, -0.2) is 4.57 Å². The van der Waals surface area contributed by atoms with Gasteiger partial charge in [0.1, 0.15) is 11.2 Å². The van der Waals surface area contributed by atoms with Crippen LogP contribution in [0.3, 0.4) is 0 Å². The van der Waals surface area contributed by atoms with Crippen LogP contribution in [-0.2, 0) is 0 Å². The van der Waals surface area contributed by atoms with Crippen LogP contribution in [0.15, 0.2) is 211 Å². The molecule has 2 heterocycles. The maximum atomic E-state index is 6.35. The molecular weight excluding hydrogens is 693 g/mol. The van der Waals surface area contributed by atoms with E-state index in [0.29, 0.717) is 0 Å². The van der Waals surface area contributed by atoms with Crippen molar-refractivity contribution >= 4 is 93.1 Å². The molecule has 0 atom stereocenters. The Morgan fingerprint density at radius 3 is 1.86 bits per heavy atom. The van der Waals surface area contributed by atoms with Crippen molar-refractivity contribution in [1.29, 1.82) is 0 Å². The molecular formula is C54H34N2O. The van der Waals surface area contributed by atoms with E-state index in [4.69, 9.17) is 4.42 Å². The summed E-state index contributed by atoms with van der Waals surface area (Å²) < 4.78 is 8.81. The number of fused-ring (bicyclic) bond motifs is 10. The highest BCUT2D eigenvalue weighted by Crippen LogP contribution is 2.43. The van der Waals surface area contributed by atoms with E-state index in [9.17, 15) is 0 Å². The molecule has 12 rings (SSSR count). The molecule has 0 aliphatic heterocycles. The van der Waals surface area contributed by atoms with E-state index in [-0.39, 0.29) is 0 Å². The molecule has 266 valence electrons. The molecule has 0 bridgehead atoms. The van der Waals surface area contributed by atoms with E-state index in [2.05, 4.69) is 204 Å². The summed E-state index contributed by atoms with van der Waals surface area (Å²) in [6.07, 6.45) is 0. The Hall–Kier alpha value is -7.62. The molecule has 57 heavy (non-hydrogen) atoms. The Balaban J connectivity index is 1.09. The summed E-state index contributed by atoms with van der Waals surface area (Å²) in [7, 11) is 0. The second-order valence-corrected chi connectivity index (χ2v) is 15.0. The highest BCUT2D eigenvalue weighted by atomic mass is 16.3. The van der Waals surface area contributed by atoms with Crippen molar-refractivity contribution in [3.05, 3.63) is 206 Å². The third-order valence-corrected chi connectivity index (χ3v) is 11.7. The van der Waals surface area contributed by atoms with Crippen molar-refractivity contribution in [2.24, 2.45) is 0 Å². The first-order valence-corrected chi connectivity index (χ1v) is 19.5. The molecule has 0 saturated carbocycles. The van der Waals surface area contributed by atoms with Crippen molar-refractivity contribution in [2.45, 2.75) is 0 Å². The average Bonchev–Trinajstić information content (AvgIpc) is 3.81. The standard InChI is InChI=1S/C54H34N2O/c1-2-10-35(11-3-1)37-18-23-42(24-19-37)55(43-26-21-40-32-50-47-16-8-9-17-52(47)57-53(50)33-41(40)31-43)45-27-29-51-49(34-45)48-28-22-38-13-6-7-15-46(38)54(48)56(51)44-25-20-36-12-4-5-14-39(36)30-44/h1-34H. The van der Waals surface area contributed by atoms with E-state index in [0.717, 1.165) is 50.1 Å². The lowest BCUT2D eigenvalue weighted by Gasteiger charge is -2.26. The SMILES string of the molecule is c1ccc(-c2ccc(N(c3ccc4cc5c(cc4c3)oc3ccccc35)c3ccc4c(c3)c3ccc5ccccc5c3n4-c3ccc4ccccc4c3)cc2)cc1. The molecule has 0 N–H and O–H groups in total. The molecule has 0 radical (unpaired) electrons. The van der Waals surface area contributed by atoms with Crippen LogP contribution in [0.4, 0.5) is 17.1 Å². The topological polar surface area (TPSA) is 21.3 Å². The van der Waals surface area contributed by atoms with Crippen LogP contribution >= 0.6 is 0 Å². The predicted molar refractivity (Wildman–Crippen MR) is 241 cm³/mol. The molecule has 12 aromatic rings. The zero-order chi connectivity index (χ0) is 37.5. The number of hydrogen-bond donors (Lipinski definition) is 0. The van der Waals surface area contributed by atoms with Crippen molar-refractivity contribution in [3.63, 3.8) is 0 Å². The van der Waals surface area contributed by atoms with Gasteiger partial charge in [0.2, 0.25) is 0 Å². The lowest BCUT2D eigenvalue weighted by molar-refractivity contribution is 0.669. The maximum Gasteiger partial charge on any atom is 0.136 e. The third kappa shape index (κ3) is 5.06. The molecule has 0 unspecified atom stereocenters. The van der Waals surface area contributed by atoms with Crippen LogP contribution in [0, 0.1) is 0 Å². The maximum absolute atomic E-state index is 6.35.